The first-order valence-corrected chi connectivity index (χ1v) is 3.79. The van der Waals surface area contributed by atoms with Crippen molar-refractivity contribution in [1.29, 1.82) is 0 Å². The number of hydrogen-bond donors (Lipinski definition) is 3. The van der Waals surface area contributed by atoms with Crippen molar-refractivity contribution in [3.63, 3.8) is 0 Å². The van der Waals surface area contributed by atoms with Crippen molar-refractivity contribution in [3.05, 3.63) is 0 Å². The number of halogens is 1. The second-order valence-electron chi connectivity index (χ2n) is 2.22. The van der Waals surface area contributed by atoms with Gasteiger partial charge < -0.3 is 15.3 Å². The highest BCUT2D eigenvalue weighted by Gasteiger charge is 2.21. The average Bonchev–Trinajstić information content (AvgIpc) is 1.87. The Hall–Kier alpha value is -0.130. The Kier molecular flexibility index (Phi) is 8.04. The number of aliphatic carboxylic acids is 1. The second kappa shape index (κ2) is 6.57. The van der Waals surface area contributed by atoms with E-state index in [0.717, 1.165) is 0 Å². The summed E-state index contributed by atoms with van der Waals surface area (Å²) in [6, 6.07) is 0. The van der Waals surface area contributed by atoms with Crippen LogP contribution in [0.25, 0.3) is 0 Å². The van der Waals surface area contributed by atoms with Gasteiger partial charge in [0.25, 0.3) is 0 Å². The van der Waals surface area contributed by atoms with Crippen LogP contribution in [-0.2, 0) is 4.79 Å². The molecule has 68 valence electrons. The summed E-state index contributed by atoms with van der Waals surface area (Å²) >= 11 is 2.94. The normalized spacial score (nSPS) is 9.91. The molecule has 11 heavy (non-hydrogen) atoms. The van der Waals surface area contributed by atoms with Crippen LogP contribution in [0.2, 0.25) is 0 Å². The molecule has 0 spiro atoms. The zero-order valence-electron chi connectivity index (χ0n) is 6.54. The van der Waals surface area contributed by atoms with Gasteiger partial charge in [0.1, 0.15) is 4.32 Å². The SMILES string of the molecule is CC(C)(Br)C(=O)O.OCCO. The van der Waals surface area contributed by atoms with E-state index in [1.165, 1.54) is 0 Å². The first-order chi connectivity index (χ1) is 4.86. The maximum Gasteiger partial charge on any atom is 0.319 e. The summed E-state index contributed by atoms with van der Waals surface area (Å²) < 4.78 is -0.771. The highest BCUT2D eigenvalue weighted by Crippen LogP contribution is 2.14. The molecule has 0 fully saturated rings. The fraction of sp³-hybridized carbons (Fsp3) is 0.833. The van der Waals surface area contributed by atoms with Crippen LogP contribution in [-0.4, -0.2) is 38.8 Å². The monoisotopic (exact) mass is 228 g/mol. The minimum atomic E-state index is -0.840. The Morgan fingerprint density at radius 2 is 1.55 bits per heavy atom. The standard InChI is InChI=1S/C4H7BrO2.C2H6O2/c1-4(2,5)3(6)7;3-1-2-4/h1-2H3,(H,6,7);3-4H,1-2H2. The molecule has 0 aromatic carbocycles. The molecule has 0 heterocycles. The van der Waals surface area contributed by atoms with Crippen molar-refractivity contribution in [3.8, 4) is 0 Å². The van der Waals surface area contributed by atoms with Crippen LogP contribution in [0.4, 0.5) is 0 Å². The topological polar surface area (TPSA) is 77.8 Å². The number of carboxylic acids is 1. The summed E-state index contributed by atoms with van der Waals surface area (Å²) in [6.45, 7) is 2.91. The summed E-state index contributed by atoms with van der Waals surface area (Å²) in [5.74, 6) is -0.840. The second-order valence-corrected chi connectivity index (χ2v) is 4.21. The molecule has 0 aliphatic heterocycles. The van der Waals surface area contributed by atoms with Gasteiger partial charge in [0.15, 0.2) is 0 Å². The number of carbonyl (C=O) groups is 1. The fourth-order valence-electron chi connectivity index (χ4n) is 0. The van der Waals surface area contributed by atoms with Gasteiger partial charge in [-0.2, -0.15) is 0 Å². The molecule has 0 saturated carbocycles. The molecule has 0 aliphatic carbocycles. The summed E-state index contributed by atoms with van der Waals surface area (Å²) in [7, 11) is 0. The van der Waals surface area contributed by atoms with Crippen molar-refractivity contribution in [2.24, 2.45) is 0 Å². The van der Waals surface area contributed by atoms with E-state index in [2.05, 4.69) is 15.9 Å². The predicted octanol–water partition coefficient (Wildman–Crippen LogP) is 0.216. The van der Waals surface area contributed by atoms with Crippen LogP contribution in [0.3, 0.4) is 0 Å². The zero-order valence-corrected chi connectivity index (χ0v) is 8.13. The highest BCUT2D eigenvalue weighted by molar-refractivity contribution is 9.10. The summed E-state index contributed by atoms with van der Waals surface area (Å²) in [5.41, 5.74) is 0. The van der Waals surface area contributed by atoms with Crippen LogP contribution < -0.4 is 0 Å². The van der Waals surface area contributed by atoms with Gasteiger partial charge in [0.2, 0.25) is 0 Å². The van der Waals surface area contributed by atoms with Crippen molar-refractivity contribution >= 4 is 21.9 Å². The lowest BCUT2D eigenvalue weighted by Gasteiger charge is -2.06. The van der Waals surface area contributed by atoms with Crippen LogP contribution in [0.15, 0.2) is 0 Å². The number of rotatable bonds is 2. The Bertz CT molecular complexity index is 106. The van der Waals surface area contributed by atoms with E-state index in [4.69, 9.17) is 15.3 Å². The molecule has 0 bridgehead atoms. The molecule has 0 amide bonds. The lowest BCUT2D eigenvalue weighted by atomic mass is 10.2. The summed E-state index contributed by atoms with van der Waals surface area (Å²) in [6.07, 6.45) is 0. The number of carboxylic acid groups (broad SMARTS) is 1. The van der Waals surface area contributed by atoms with E-state index in [1.807, 2.05) is 0 Å². The maximum atomic E-state index is 9.97. The van der Waals surface area contributed by atoms with Gasteiger partial charge in [-0.3, -0.25) is 4.79 Å². The molecule has 0 aromatic heterocycles. The van der Waals surface area contributed by atoms with Crippen LogP contribution in [0.5, 0.6) is 0 Å². The maximum absolute atomic E-state index is 9.97. The van der Waals surface area contributed by atoms with Gasteiger partial charge in [-0.15, -0.1) is 0 Å². The van der Waals surface area contributed by atoms with Crippen molar-refractivity contribution in [2.45, 2.75) is 18.2 Å². The molecule has 0 aromatic rings. The fourth-order valence-corrected chi connectivity index (χ4v) is 0. The molecule has 0 radical (unpaired) electrons. The Labute approximate surface area is 74.0 Å². The number of aliphatic hydroxyl groups excluding tert-OH is 2. The third-order valence-electron chi connectivity index (χ3n) is 0.609. The predicted molar refractivity (Wildman–Crippen MR) is 44.8 cm³/mol. The number of aliphatic hydroxyl groups is 2. The van der Waals surface area contributed by atoms with Crippen molar-refractivity contribution in [2.75, 3.05) is 13.2 Å². The molecular formula is C6H13BrO4. The summed E-state index contributed by atoms with van der Waals surface area (Å²) in [5, 5.41) is 23.5. The Morgan fingerprint density at radius 3 is 1.55 bits per heavy atom. The molecule has 3 N–H and O–H groups in total. The quantitative estimate of drug-likeness (QED) is 0.591. The van der Waals surface area contributed by atoms with Gasteiger partial charge in [-0.25, -0.2) is 0 Å². The molecular weight excluding hydrogens is 216 g/mol. The first kappa shape index (κ1) is 13.5. The van der Waals surface area contributed by atoms with Gasteiger partial charge in [0, 0.05) is 0 Å². The van der Waals surface area contributed by atoms with E-state index < -0.39 is 10.3 Å². The van der Waals surface area contributed by atoms with E-state index in [1.54, 1.807) is 13.8 Å². The highest BCUT2D eigenvalue weighted by atomic mass is 79.9. The van der Waals surface area contributed by atoms with Crippen molar-refractivity contribution in [1.82, 2.24) is 0 Å². The van der Waals surface area contributed by atoms with E-state index in [-0.39, 0.29) is 13.2 Å². The van der Waals surface area contributed by atoms with Crippen LogP contribution in [0, 0.1) is 0 Å². The number of alkyl halides is 1. The molecule has 0 saturated heterocycles. The third kappa shape index (κ3) is 13.0. The van der Waals surface area contributed by atoms with Crippen LogP contribution >= 0.6 is 15.9 Å². The Balaban J connectivity index is 0. The van der Waals surface area contributed by atoms with Crippen LogP contribution in [0.1, 0.15) is 13.8 Å². The largest absolute Gasteiger partial charge is 0.480 e. The molecule has 4 nitrogen and oxygen atoms in total. The third-order valence-corrected chi connectivity index (χ3v) is 0.948. The smallest absolute Gasteiger partial charge is 0.319 e. The van der Waals surface area contributed by atoms with Gasteiger partial charge in [0.05, 0.1) is 13.2 Å². The van der Waals surface area contributed by atoms with Gasteiger partial charge in [-0.1, -0.05) is 15.9 Å². The zero-order chi connectivity index (χ0) is 9.49. The summed E-state index contributed by atoms with van der Waals surface area (Å²) in [4.78, 5) is 9.97. The molecule has 0 unspecified atom stereocenters. The lowest BCUT2D eigenvalue weighted by molar-refractivity contribution is -0.138. The lowest BCUT2D eigenvalue weighted by Crippen LogP contribution is -2.22. The molecule has 0 aliphatic rings. The van der Waals surface area contributed by atoms with Crippen molar-refractivity contribution < 1.29 is 20.1 Å². The average molecular weight is 229 g/mol. The molecule has 0 atom stereocenters. The number of hydrogen-bond acceptors (Lipinski definition) is 3. The van der Waals surface area contributed by atoms with Gasteiger partial charge >= 0.3 is 5.97 Å². The molecule has 0 rings (SSSR count). The van der Waals surface area contributed by atoms with E-state index in [9.17, 15) is 4.79 Å². The van der Waals surface area contributed by atoms with E-state index >= 15 is 0 Å². The minimum Gasteiger partial charge on any atom is -0.480 e. The Morgan fingerprint density at radius 1 is 1.36 bits per heavy atom. The van der Waals surface area contributed by atoms with Gasteiger partial charge in [-0.05, 0) is 13.8 Å². The molecule has 5 heteroatoms. The first-order valence-electron chi connectivity index (χ1n) is 3.00. The van der Waals surface area contributed by atoms with E-state index in [0.29, 0.717) is 0 Å². The minimum absolute atomic E-state index is 0.125.